The molecule has 146 valence electrons. The SMILES string of the molecule is CN=C(NCCc1ccncc1C)NCc1cc(Cl)cc(Cl)c1OC(F)F. The molecule has 2 N–H and O–H groups in total. The minimum absolute atomic E-state index is 0.0238. The van der Waals surface area contributed by atoms with Crippen LogP contribution in [-0.4, -0.2) is 31.1 Å². The van der Waals surface area contributed by atoms with Crippen LogP contribution in [0, 0.1) is 6.92 Å². The van der Waals surface area contributed by atoms with E-state index < -0.39 is 6.61 Å². The van der Waals surface area contributed by atoms with Gasteiger partial charge in [-0.3, -0.25) is 9.98 Å². The Labute approximate surface area is 166 Å². The number of guanidine groups is 1. The highest BCUT2D eigenvalue weighted by molar-refractivity contribution is 6.35. The van der Waals surface area contributed by atoms with Crippen molar-refractivity contribution in [1.82, 2.24) is 15.6 Å². The molecule has 1 heterocycles. The predicted molar refractivity (Wildman–Crippen MR) is 104 cm³/mol. The number of pyridine rings is 1. The Balaban J connectivity index is 1.97. The molecule has 0 atom stereocenters. The Morgan fingerprint density at radius 1 is 1.26 bits per heavy atom. The second-order valence-electron chi connectivity index (χ2n) is 5.66. The fourth-order valence-electron chi connectivity index (χ4n) is 2.46. The Bertz CT molecular complexity index is 803. The number of rotatable bonds is 7. The number of hydrogen-bond donors (Lipinski definition) is 2. The van der Waals surface area contributed by atoms with Gasteiger partial charge in [-0.1, -0.05) is 23.2 Å². The molecule has 1 aromatic carbocycles. The van der Waals surface area contributed by atoms with Crippen LogP contribution >= 0.6 is 23.2 Å². The number of aryl methyl sites for hydroxylation is 1. The third kappa shape index (κ3) is 6.52. The zero-order valence-corrected chi connectivity index (χ0v) is 16.4. The van der Waals surface area contributed by atoms with Crippen LogP contribution in [0.5, 0.6) is 5.75 Å². The Morgan fingerprint density at radius 3 is 2.70 bits per heavy atom. The quantitative estimate of drug-likeness (QED) is 0.524. The van der Waals surface area contributed by atoms with Crippen molar-refractivity contribution in [3.05, 3.63) is 57.3 Å². The summed E-state index contributed by atoms with van der Waals surface area (Å²) in [7, 11) is 1.62. The van der Waals surface area contributed by atoms with E-state index in [1.165, 1.54) is 17.7 Å². The minimum Gasteiger partial charge on any atom is -0.433 e. The Kier molecular flexibility index (Phi) is 8.06. The summed E-state index contributed by atoms with van der Waals surface area (Å²) in [5.41, 5.74) is 2.70. The number of benzene rings is 1. The van der Waals surface area contributed by atoms with Crippen molar-refractivity contribution >= 4 is 29.2 Å². The lowest BCUT2D eigenvalue weighted by Crippen LogP contribution is -2.38. The number of alkyl halides is 2. The van der Waals surface area contributed by atoms with E-state index in [1.807, 2.05) is 19.2 Å². The van der Waals surface area contributed by atoms with Gasteiger partial charge < -0.3 is 15.4 Å². The maximum absolute atomic E-state index is 12.6. The fourth-order valence-corrected chi connectivity index (χ4v) is 3.04. The van der Waals surface area contributed by atoms with E-state index in [4.69, 9.17) is 23.2 Å². The number of aromatic nitrogens is 1. The van der Waals surface area contributed by atoms with E-state index in [2.05, 4.69) is 25.3 Å². The normalized spacial score (nSPS) is 11.6. The van der Waals surface area contributed by atoms with Gasteiger partial charge in [-0.15, -0.1) is 0 Å². The molecule has 9 heteroatoms. The van der Waals surface area contributed by atoms with Crippen LogP contribution in [0.25, 0.3) is 0 Å². The molecule has 0 spiro atoms. The Hall–Kier alpha value is -2.12. The van der Waals surface area contributed by atoms with Gasteiger partial charge in [0.2, 0.25) is 0 Å². The van der Waals surface area contributed by atoms with E-state index in [1.54, 1.807) is 13.2 Å². The summed E-state index contributed by atoms with van der Waals surface area (Å²) in [6, 6.07) is 4.84. The van der Waals surface area contributed by atoms with E-state index >= 15 is 0 Å². The van der Waals surface area contributed by atoms with Crippen LogP contribution in [-0.2, 0) is 13.0 Å². The number of halogens is 4. The second-order valence-corrected chi connectivity index (χ2v) is 6.50. The number of aliphatic imine (C=N–C) groups is 1. The molecule has 1 aromatic heterocycles. The third-order valence-corrected chi connectivity index (χ3v) is 4.28. The molecule has 0 fully saturated rings. The van der Waals surface area contributed by atoms with Crippen LogP contribution in [0.15, 0.2) is 35.6 Å². The summed E-state index contributed by atoms with van der Waals surface area (Å²) < 4.78 is 29.8. The zero-order valence-electron chi connectivity index (χ0n) is 14.9. The lowest BCUT2D eigenvalue weighted by molar-refractivity contribution is -0.0504. The van der Waals surface area contributed by atoms with Crippen molar-refractivity contribution in [1.29, 1.82) is 0 Å². The number of ether oxygens (including phenoxy) is 1. The van der Waals surface area contributed by atoms with Gasteiger partial charge in [0.05, 0.1) is 5.02 Å². The number of nitrogens with zero attached hydrogens (tertiary/aromatic N) is 2. The first kappa shape index (κ1) is 21.2. The van der Waals surface area contributed by atoms with E-state index in [0.717, 1.165) is 12.0 Å². The van der Waals surface area contributed by atoms with Gasteiger partial charge >= 0.3 is 6.61 Å². The molecule has 0 unspecified atom stereocenters. The highest BCUT2D eigenvalue weighted by Gasteiger charge is 2.15. The predicted octanol–water partition coefficient (Wildman–Crippen LogP) is 4.21. The molecule has 0 radical (unpaired) electrons. The molecule has 2 rings (SSSR count). The highest BCUT2D eigenvalue weighted by atomic mass is 35.5. The molecular formula is C18H20Cl2F2N4O. The van der Waals surface area contributed by atoms with Gasteiger partial charge in [0.25, 0.3) is 0 Å². The maximum atomic E-state index is 12.6. The van der Waals surface area contributed by atoms with Crippen molar-refractivity contribution in [2.24, 2.45) is 4.99 Å². The van der Waals surface area contributed by atoms with Gasteiger partial charge in [0, 0.05) is 43.1 Å². The molecule has 0 saturated heterocycles. The summed E-state index contributed by atoms with van der Waals surface area (Å²) in [5, 5.41) is 6.56. The summed E-state index contributed by atoms with van der Waals surface area (Å²) in [4.78, 5) is 8.19. The van der Waals surface area contributed by atoms with E-state index in [-0.39, 0.29) is 17.3 Å². The molecular weight excluding hydrogens is 397 g/mol. The minimum atomic E-state index is -2.98. The zero-order chi connectivity index (χ0) is 19.8. The van der Waals surface area contributed by atoms with Gasteiger partial charge in [-0.25, -0.2) is 0 Å². The summed E-state index contributed by atoms with van der Waals surface area (Å²) in [5.74, 6) is 0.409. The Morgan fingerprint density at radius 2 is 2.04 bits per heavy atom. The largest absolute Gasteiger partial charge is 0.433 e. The van der Waals surface area contributed by atoms with Crippen molar-refractivity contribution < 1.29 is 13.5 Å². The summed E-state index contributed by atoms with van der Waals surface area (Å²) in [6.07, 6.45) is 4.36. The first-order chi connectivity index (χ1) is 12.9. The average molecular weight is 417 g/mol. The van der Waals surface area contributed by atoms with Crippen LogP contribution in [0.2, 0.25) is 10.0 Å². The first-order valence-corrected chi connectivity index (χ1v) is 8.93. The van der Waals surface area contributed by atoms with Gasteiger partial charge in [-0.2, -0.15) is 8.78 Å². The van der Waals surface area contributed by atoms with Gasteiger partial charge in [-0.05, 0) is 42.7 Å². The topological polar surface area (TPSA) is 58.5 Å². The maximum Gasteiger partial charge on any atom is 0.387 e. The molecule has 5 nitrogen and oxygen atoms in total. The number of nitrogens with one attached hydrogen (secondary N) is 2. The summed E-state index contributed by atoms with van der Waals surface area (Å²) >= 11 is 11.9. The molecule has 2 aromatic rings. The molecule has 0 amide bonds. The van der Waals surface area contributed by atoms with Crippen LogP contribution in [0.1, 0.15) is 16.7 Å². The standard InChI is InChI=1S/C18H20Cl2F2N4O/c1-11-9-24-5-3-12(11)4-6-25-18(23-2)26-10-13-7-14(19)8-15(20)16(13)27-17(21)22/h3,5,7-9,17H,4,6,10H2,1-2H3,(H2,23,25,26). The fraction of sp³-hybridized carbons (Fsp3) is 0.333. The number of hydrogen-bond acceptors (Lipinski definition) is 3. The van der Waals surface area contributed by atoms with Crippen LogP contribution in [0.3, 0.4) is 0 Å². The molecule has 0 aliphatic rings. The van der Waals surface area contributed by atoms with Crippen LogP contribution in [0.4, 0.5) is 8.78 Å². The molecule has 0 bridgehead atoms. The van der Waals surface area contributed by atoms with E-state index in [0.29, 0.717) is 23.1 Å². The van der Waals surface area contributed by atoms with Crippen molar-refractivity contribution in [2.75, 3.05) is 13.6 Å². The van der Waals surface area contributed by atoms with E-state index in [9.17, 15) is 8.78 Å². The molecule has 0 saturated carbocycles. The first-order valence-electron chi connectivity index (χ1n) is 8.17. The third-order valence-electron chi connectivity index (χ3n) is 3.79. The summed E-state index contributed by atoms with van der Waals surface area (Å²) in [6.45, 7) is -0.177. The van der Waals surface area contributed by atoms with Gasteiger partial charge in [0.15, 0.2) is 5.96 Å². The monoisotopic (exact) mass is 416 g/mol. The van der Waals surface area contributed by atoms with Crippen molar-refractivity contribution in [2.45, 2.75) is 26.5 Å². The molecule has 0 aliphatic carbocycles. The second kappa shape index (κ2) is 10.3. The van der Waals surface area contributed by atoms with Crippen LogP contribution < -0.4 is 15.4 Å². The molecule has 0 aliphatic heterocycles. The average Bonchev–Trinajstić information content (AvgIpc) is 2.61. The highest BCUT2D eigenvalue weighted by Crippen LogP contribution is 2.33. The van der Waals surface area contributed by atoms with Crippen molar-refractivity contribution in [3.63, 3.8) is 0 Å². The van der Waals surface area contributed by atoms with Gasteiger partial charge in [0.1, 0.15) is 5.75 Å². The van der Waals surface area contributed by atoms with Crippen molar-refractivity contribution in [3.8, 4) is 5.75 Å². The molecule has 27 heavy (non-hydrogen) atoms. The smallest absolute Gasteiger partial charge is 0.387 e. The lowest BCUT2D eigenvalue weighted by Gasteiger charge is -2.16. The lowest BCUT2D eigenvalue weighted by atomic mass is 10.1.